The fourth-order valence-corrected chi connectivity index (χ4v) is 4.75. The highest BCUT2D eigenvalue weighted by Crippen LogP contribution is 2.39. The van der Waals surface area contributed by atoms with Crippen molar-refractivity contribution in [2.24, 2.45) is 0 Å². The van der Waals surface area contributed by atoms with Gasteiger partial charge in [-0.05, 0) is 66.8 Å². The van der Waals surface area contributed by atoms with Crippen LogP contribution in [0.25, 0.3) is 22.6 Å². The zero-order valence-electron chi connectivity index (χ0n) is 17.3. The summed E-state index contributed by atoms with van der Waals surface area (Å²) < 4.78 is 16.9. The number of rotatable bonds is 4. The number of halogens is 1. The van der Waals surface area contributed by atoms with Crippen molar-refractivity contribution in [2.75, 3.05) is 11.5 Å². The Bertz CT molecular complexity index is 1320. The Morgan fingerprint density at radius 1 is 1.10 bits per heavy atom. The van der Waals surface area contributed by atoms with Crippen LogP contribution in [0.3, 0.4) is 0 Å². The molecule has 5 N–H and O–H groups in total. The fourth-order valence-electron chi connectivity index (χ4n) is 4.75. The van der Waals surface area contributed by atoms with Crippen LogP contribution in [0.2, 0.25) is 0 Å². The van der Waals surface area contributed by atoms with Crippen molar-refractivity contribution in [1.82, 2.24) is 9.88 Å². The molecule has 2 heterocycles. The number of dihydropyridines is 1. The highest BCUT2D eigenvalue weighted by Gasteiger charge is 2.24. The molecule has 0 spiro atoms. The zero-order valence-corrected chi connectivity index (χ0v) is 17.3. The van der Waals surface area contributed by atoms with E-state index in [2.05, 4.69) is 41.3 Å². The SMILES string of the molecule is C=Cc1c(C2=CC=CNC2=C)c2cc3c(cc2n1Cc1cc(N)c(N)cc1F)CCC3. The molecule has 0 unspecified atom stereocenters. The molecule has 2 aliphatic rings. The average Bonchev–Trinajstić information content (AvgIpc) is 3.32. The average molecular weight is 413 g/mol. The van der Waals surface area contributed by atoms with E-state index in [1.165, 1.54) is 17.2 Å². The van der Waals surface area contributed by atoms with Gasteiger partial charge < -0.3 is 21.4 Å². The quantitative estimate of drug-likeness (QED) is 0.520. The summed E-state index contributed by atoms with van der Waals surface area (Å²) in [5.74, 6) is -0.364. The highest BCUT2D eigenvalue weighted by atomic mass is 19.1. The molecule has 1 aliphatic heterocycles. The Morgan fingerprint density at radius 2 is 1.84 bits per heavy atom. The molecule has 3 aromatic rings. The molecule has 156 valence electrons. The van der Waals surface area contributed by atoms with E-state index in [4.69, 9.17) is 11.5 Å². The number of nitrogens with one attached hydrogen (secondary N) is 1. The first-order valence-electron chi connectivity index (χ1n) is 10.4. The van der Waals surface area contributed by atoms with Crippen molar-refractivity contribution in [3.8, 4) is 0 Å². The Hall–Kier alpha value is -3.73. The second kappa shape index (κ2) is 7.20. The molecule has 1 aliphatic carbocycles. The van der Waals surface area contributed by atoms with Gasteiger partial charge in [0.25, 0.3) is 0 Å². The van der Waals surface area contributed by atoms with Crippen LogP contribution in [-0.4, -0.2) is 4.57 Å². The van der Waals surface area contributed by atoms with Gasteiger partial charge in [-0.15, -0.1) is 0 Å². The Balaban J connectivity index is 1.79. The minimum absolute atomic E-state index is 0.252. The molecule has 0 amide bonds. The number of fused-ring (bicyclic) bond motifs is 2. The molecule has 2 aromatic carbocycles. The number of benzene rings is 2. The summed E-state index contributed by atoms with van der Waals surface area (Å²) in [4.78, 5) is 0. The maximum absolute atomic E-state index is 14.8. The van der Waals surface area contributed by atoms with Gasteiger partial charge in [-0.3, -0.25) is 0 Å². The maximum Gasteiger partial charge on any atom is 0.130 e. The third-order valence-electron chi connectivity index (χ3n) is 6.30. The van der Waals surface area contributed by atoms with Gasteiger partial charge in [0.2, 0.25) is 0 Å². The van der Waals surface area contributed by atoms with Crippen LogP contribution < -0.4 is 16.8 Å². The molecule has 0 atom stereocenters. The molecule has 4 nitrogen and oxygen atoms in total. The van der Waals surface area contributed by atoms with Crippen LogP contribution >= 0.6 is 0 Å². The summed E-state index contributed by atoms with van der Waals surface area (Å²) in [5, 5.41) is 4.33. The third-order valence-corrected chi connectivity index (χ3v) is 6.30. The van der Waals surface area contributed by atoms with Crippen LogP contribution in [0.1, 0.15) is 34.4 Å². The van der Waals surface area contributed by atoms with E-state index in [1.807, 2.05) is 18.4 Å². The predicted molar refractivity (Wildman–Crippen MR) is 128 cm³/mol. The van der Waals surface area contributed by atoms with Gasteiger partial charge in [0, 0.05) is 45.2 Å². The predicted octanol–water partition coefficient (Wildman–Crippen LogP) is 5.14. The maximum atomic E-state index is 14.8. The Labute approximate surface area is 181 Å². The molecule has 0 saturated heterocycles. The van der Waals surface area contributed by atoms with Crippen molar-refractivity contribution in [3.63, 3.8) is 0 Å². The van der Waals surface area contributed by atoms with Gasteiger partial charge in [0.05, 0.1) is 17.9 Å². The van der Waals surface area contributed by atoms with Crippen LogP contribution in [0.15, 0.2) is 61.5 Å². The minimum atomic E-state index is -0.364. The van der Waals surface area contributed by atoms with E-state index in [9.17, 15) is 4.39 Å². The molecular formula is C26H25FN4. The second-order valence-corrected chi connectivity index (χ2v) is 8.18. The number of allylic oxidation sites excluding steroid dienone is 3. The van der Waals surface area contributed by atoms with E-state index < -0.39 is 0 Å². The lowest BCUT2D eigenvalue weighted by Crippen LogP contribution is -2.10. The van der Waals surface area contributed by atoms with Gasteiger partial charge in [-0.1, -0.05) is 19.2 Å². The van der Waals surface area contributed by atoms with E-state index >= 15 is 0 Å². The largest absolute Gasteiger partial charge is 0.397 e. The van der Waals surface area contributed by atoms with Gasteiger partial charge in [0.1, 0.15) is 5.82 Å². The number of nitrogens with zero attached hydrogens (tertiary/aromatic N) is 1. The first-order valence-corrected chi connectivity index (χ1v) is 10.4. The molecule has 31 heavy (non-hydrogen) atoms. The third kappa shape index (κ3) is 3.05. The number of anilines is 2. The number of aryl methyl sites for hydroxylation is 2. The smallest absolute Gasteiger partial charge is 0.130 e. The lowest BCUT2D eigenvalue weighted by atomic mass is 9.96. The lowest BCUT2D eigenvalue weighted by Gasteiger charge is -2.16. The van der Waals surface area contributed by atoms with E-state index in [1.54, 1.807) is 6.07 Å². The molecule has 1 aromatic heterocycles. The zero-order chi connectivity index (χ0) is 21.7. The van der Waals surface area contributed by atoms with Crippen molar-refractivity contribution < 1.29 is 4.39 Å². The van der Waals surface area contributed by atoms with Crippen LogP contribution in [0.4, 0.5) is 15.8 Å². The Kier molecular flexibility index (Phi) is 4.47. The number of nitrogen functional groups attached to an aromatic ring is 2. The molecule has 5 heteroatoms. The van der Waals surface area contributed by atoms with E-state index in [0.29, 0.717) is 17.8 Å². The van der Waals surface area contributed by atoms with Crippen molar-refractivity contribution >= 4 is 33.9 Å². The first-order chi connectivity index (χ1) is 15.0. The van der Waals surface area contributed by atoms with Gasteiger partial charge in [0.15, 0.2) is 0 Å². The summed E-state index contributed by atoms with van der Waals surface area (Å²) >= 11 is 0. The number of hydrogen-bond donors (Lipinski definition) is 3. The molecular weight excluding hydrogens is 387 g/mol. The minimum Gasteiger partial charge on any atom is -0.397 e. The van der Waals surface area contributed by atoms with Gasteiger partial charge >= 0.3 is 0 Å². The van der Waals surface area contributed by atoms with E-state index in [0.717, 1.165) is 52.7 Å². The molecule has 0 radical (unpaired) electrons. The number of aromatic nitrogens is 1. The summed E-state index contributed by atoms with van der Waals surface area (Å²) in [6.07, 6.45) is 11.0. The van der Waals surface area contributed by atoms with Crippen LogP contribution in [0, 0.1) is 5.82 Å². The normalized spacial score (nSPS) is 15.1. The van der Waals surface area contributed by atoms with Crippen molar-refractivity contribution in [1.29, 1.82) is 0 Å². The van der Waals surface area contributed by atoms with Gasteiger partial charge in [-0.25, -0.2) is 4.39 Å². The monoisotopic (exact) mass is 412 g/mol. The molecule has 0 fully saturated rings. The fraction of sp³-hybridized carbons (Fsp3) is 0.154. The van der Waals surface area contributed by atoms with Gasteiger partial charge in [-0.2, -0.15) is 0 Å². The standard InChI is InChI=1S/C26H25FN4/c1-3-24-26(19-8-5-9-30-15(19)2)20-10-16-6-4-7-17(16)12-25(20)31(24)14-18-11-22(28)23(29)13-21(18)27/h3,5,8-13,30H,1-2,4,6-7,14,28-29H2. The summed E-state index contributed by atoms with van der Waals surface area (Å²) in [6, 6.07) is 7.46. The van der Waals surface area contributed by atoms with Crippen molar-refractivity contribution in [3.05, 3.63) is 95.2 Å². The Morgan fingerprint density at radius 3 is 2.58 bits per heavy atom. The van der Waals surface area contributed by atoms with Crippen molar-refractivity contribution in [2.45, 2.75) is 25.8 Å². The summed E-state index contributed by atoms with van der Waals surface area (Å²) in [7, 11) is 0. The van der Waals surface area contributed by atoms with Crippen LogP contribution in [-0.2, 0) is 19.4 Å². The molecule has 5 rings (SSSR count). The highest BCUT2D eigenvalue weighted by molar-refractivity contribution is 6.02. The lowest BCUT2D eigenvalue weighted by molar-refractivity contribution is 0.602. The summed E-state index contributed by atoms with van der Waals surface area (Å²) in [5.41, 5.74) is 20.5. The second-order valence-electron chi connectivity index (χ2n) is 8.18. The molecule has 0 bridgehead atoms. The van der Waals surface area contributed by atoms with E-state index in [-0.39, 0.29) is 11.5 Å². The van der Waals surface area contributed by atoms with Crippen LogP contribution in [0.5, 0.6) is 0 Å². The molecule has 0 saturated carbocycles. The first kappa shape index (κ1) is 19.2. The topological polar surface area (TPSA) is 69.0 Å². The number of hydrogen-bond acceptors (Lipinski definition) is 3. The number of nitrogens with two attached hydrogens (primary N) is 2. The summed E-state index contributed by atoms with van der Waals surface area (Å²) in [6.45, 7) is 8.61.